The summed E-state index contributed by atoms with van der Waals surface area (Å²) in [6.45, 7) is 0. The number of fused-ring (bicyclic) bond motifs is 10. The number of hydrogen-bond donors (Lipinski definition) is 0. The first kappa shape index (κ1) is 51.9. The summed E-state index contributed by atoms with van der Waals surface area (Å²) >= 11 is 0. The molecule has 3 aliphatic rings. The van der Waals surface area contributed by atoms with Gasteiger partial charge in [-0.25, -0.2) is 0 Å². The largest absolute Gasteiger partial charge is 0.310 e. The number of aromatic nitrogens is 1. The van der Waals surface area contributed by atoms with E-state index in [1.165, 1.54) is 127 Å². The van der Waals surface area contributed by atoms with Crippen molar-refractivity contribution < 1.29 is 0 Å². The summed E-state index contributed by atoms with van der Waals surface area (Å²) in [4.78, 5) is 2.53. The van der Waals surface area contributed by atoms with Gasteiger partial charge < -0.3 is 9.47 Å². The van der Waals surface area contributed by atoms with Crippen molar-refractivity contribution in [1.82, 2.24) is 4.57 Å². The number of benzene rings is 14. The molecule has 14 aromatic carbocycles. The number of nitrogens with zero attached hydrogens (tertiary/aromatic N) is 2. The number of rotatable bonds is 10. The van der Waals surface area contributed by atoms with Crippen molar-refractivity contribution >= 4 is 66.0 Å². The van der Waals surface area contributed by atoms with E-state index in [0.717, 1.165) is 41.1 Å². The summed E-state index contributed by atoms with van der Waals surface area (Å²) in [5.41, 5.74) is 26.1. The monoisotopic (exact) mass is 1140 g/mol. The molecule has 0 saturated heterocycles. The molecule has 0 fully saturated rings. The Morgan fingerprint density at radius 1 is 0.322 bits per heavy atom. The first-order valence-corrected chi connectivity index (χ1v) is 31.6. The molecule has 0 N–H and O–H groups in total. The summed E-state index contributed by atoms with van der Waals surface area (Å²) in [6.07, 6.45) is 6.77. The van der Waals surface area contributed by atoms with Crippen LogP contribution in [0.5, 0.6) is 0 Å². The van der Waals surface area contributed by atoms with E-state index in [-0.39, 0.29) is 0 Å². The lowest BCUT2D eigenvalue weighted by Crippen LogP contribution is -2.30. The Kier molecular flexibility index (Phi) is 11.9. The number of anilines is 3. The van der Waals surface area contributed by atoms with Gasteiger partial charge in [-0.1, -0.05) is 273 Å². The summed E-state index contributed by atoms with van der Waals surface area (Å²) in [7, 11) is 0. The second kappa shape index (κ2) is 20.7. The van der Waals surface area contributed by atoms with Crippen LogP contribution in [0, 0.1) is 0 Å². The highest BCUT2D eigenvalue weighted by Gasteiger charge is 2.49. The molecule has 18 rings (SSSR count). The molecule has 0 saturated carbocycles. The van der Waals surface area contributed by atoms with Crippen molar-refractivity contribution in [3.05, 3.63) is 390 Å². The molecule has 15 aromatic rings. The second-order valence-corrected chi connectivity index (χ2v) is 24.4. The van der Waals surface area contributed by atoms with Gasteiger partial charge in [0.2, 0.25) is 0 Å². The van der Waals surface area contributed by atoms with E-state index in [0.29, 0.717) is 0 Å². The maximum absolute atomic E-state index is 2.59. The first-order chi connectivity index (χ1) is 44.7. The van der Waals surface area contributed by atoms with Crippen LogP contribution in [0.2, 0.25) is 0 Å². The normalized spacial score (nSPS) is 14.2. The van der Waals surface area contributed by atoms with E-state index in [9.17, 15) is 0 Å². The van der Waals surface area contributed by atoms with Crippen LogP contribution in [0.4, 0.5) is 17.1 Å². The molecule has 0 spiro atoms. The highest BCUT2D eigenvalue weighted by molar-refractivity contribution is 6.25. The van der Waals surface area contributed by atoms with Gasteiger partial charge in [-0.05, 0) is 185 Å². The van der Waals surface area contributed by atoms with Crippen molar-refractivity contribution in [2.45, 2.75) is 23.7 Å². The van der Waals surface area contributed by atoms with Gasteiger partial charge in [0, 0.05) is 33.2 Å². The van der Waals surface area contributed by atoms with Gasteiger partial charge in [-0.3, -0.25) is 0 Å². The van der Waals surface area contributed by atoms with Crippen molar-refractivity contribution in [3.63, 3.8) is 0 Å². The van der Waals surface area contributed by atoms with Crippen LogP contribution in [0.1, 0.15) is 57.3 Å². The van der Waals surface area contributed by atoms with Crippen molar-refractivity contribution in [2.75, 3.05) is 4.90 Å². The lowest BCUT2D eigenvalue weighted by atomic mass is 9.65. The Bertz CT molecular complexity index is 5310. The topological polar surface area (TPSA) is 8.17 Å². The van der Waals surface area contributed by atoms with Crippen LogP contribution in [0.25, 0.3) is 88.0 Å². The zero-order valence-electron chi connectivity index (χ0n) is 49.6. The van der Waals surface area contributed by atoms with Gasteiger partial charge in [-0.15, -0.1) is 0 Å². The Labute approximate surface area is 524 Å². The predicted molar refractivity (Wildman–Crippen MR) is 377 cm³/mol. The molecular weight excluding hydrogens is 1080 g/mol. The minimum absolute atomic E-state index is 0.515. The average Bonchev–Trinajstić information content (AvgIpc) is 1.53. The molecule has 0 atom stereocenters. The van der Waals surface area contributed by atoms with Crippen LogP contribution in [-0.4, -0.2) is 4.57 Å². The highest BCUT2D eigenvalue weighted by Crippen LogP contribution is 2.61. The molecule has 1 heterocycles. The quantitative estimate of drug-likeness (QED) is 0.124. The van der Waals surface area contributed by atoms with Crippen LogP contribution in [0.15, 0.2) is 345 Å². The number of para-hydroxylation sites is 3. The minimum atomic E-state index is -0.579. The SMILES string of the molecule is C1=CC2=C(CC1)C(c1ccccc1)(c1ccccc1)c1cc(-c3c4ccccc4c(-c4ccc5c(c4)C(c4ccccc4)(c4ccccc4)c4ccccc4-5)c4cccc(N(c5ccccc5)c5ccc6c(c5)c5ccccc5n6-c5ccccc5)c34)ccc12. The van der Waals surface area contributed by atoms with Gasteiger partial charge in [0.15, 0.2) is 0 Å². The van der Waals surface area contributed by atoms with E-state index in [1.54, 1.807) is 0 Å². The average molecular weight is 1150 g/mol. The fourth-order valence-corrected chi connectivity index (χ4v) is 16.5. The van der Waals surface area contributed by atoms with Crippen LogP contribution >= 0.6 is 0 Å². The Morgan fingerprint density at radius 2 is 0.822 bits per heavy atom. The molecule has 2 nitrogen and oxygen atoms in total. The van der Waals surface area contributed by atoms with Crippen LogP contribution < -0.4 is 4.90 Å². The maximum atomic E-state index is 2.59. The van der Waals surface area contributed by atoms with Gasteiger partial charge in [0.25, 0.3) is 0 Å². The lowest BCUT2D eigenvalue weighted by Gasteiger charge is -2.36. The molecule has 0 aliphatic heterocycles. The van der Waals surface area contributed by atoms with E-state index in [4.69, 9.17) is 0 Å². The number of allylic oxidation sites excluding steroid dienone is 4. The van der Waals surface area contributed by atoms with E-state index in [1.807, 2.05) is 0 Å². The highest BCUT2D eigenvalue weighted by atomic mass is 15.1. The van der Waals surface area contributed by atoms with E-state index >= 15 is 0 Å². The van der Waals surface area contributed by atoms with E-state index < -0.39 is 10.8 Å². The molecule has 1 aromatic heterocycles. The maximum Gasteiger partial charge on any atom is 0.0713 e. The van der Waals surface area contributed by atoms with Crippen molar-refractivity contribution in [3.8, 4) is 39.1 Å². The standard InChI is InChI=1S/C88H60N2/c1-7-28-61(29-8-1)87(62-30-9-2-10-31-62)77-46-24-21-40-68(77)70-53-50-59(56-79(70)87)84-73-43-19-20-44-74(73)85(60-51-54-71-69-41-22-25-47-78(69)88(80(71)57-60,63-32-11-3-12-33-63)64-34-13-4-14-35-64)86-75(84)45-27-49-83(86)89(65-36-15-5-16-37-65)67-52-55-82-76(58-67)72-42-23-26-48-81(72)90(82)66-38-17-6-18-39-66/h1-24,26-46,48-58H,25,47H2. The third-order valence-electron chi connectivity index (χ3n) is 20.0. The predicted octanol–water partition coefficient (Wildman–Crippen LogP) is 22.7. The van der Waals surface area contributed by atoms with Gasteiger partial charge >= 0.3 is 0 Å². The second-order valence-electron chi connectivity index (χ2n) is 24.4. The molecule has 3 aliphatic carbocycles. The zero-order chi connectivity index (χ0) is 59.3. The molecule has 0 radical (unpaired) electrons. The molecule has 2 heteroatoms. The van der Waals surface area contributed by atoms with E-state index in [2.05, 4.69) is 349 Å². The molecule has 90 heavy (non-hydrogen) atoms. The summed E-state index contributed by atoms with van der Waals surface area (Å²) < 4.78 is 2.41. The van der Waals surface area contributed by atoms with Gasteiger partial charge in [-0.2, -0.15) is 0 Å². The summed E-state index contributed by atoms with van der Waals surface area (Å²) in [5.74, 6) is 0. The smallest absolute Gasteiger partial charge is 0.0713 e. The van der Waals surface area contributed by atoms with Crippen molar-refractivity contribution in [1.29, 1.82) is 0 Å². The van der Waals surface area contributed by atoms with Gasteiger partial charge in [0.05, 0.1) is 27.6 Å². The molecule has 0 unspecified atom stereocenters. The Morgan fingerprint density at radius 3 is 1.49 bits per heavy atom. The minimum Gasteiger partial charge on any atom is -0.310 e. The Balaban J connectivity index is 0.963. The molecule has 0 amide bonds. The fourth-order valence-electron chi connectivity index (χ4n) is 16.5. The Hall–Kier alpha value is -11.3. The summed E-state index contributed by atoms with van der Waals surface area (Å²) in [6, 6.07) is 123. The van der Waals surface area contributed by atoms with Crippen LogP contribution in [0.3, 0.4) is 0 Å². The molecular formula is C88H60N2. The van der Waals surface area contributed by atoms with Crippen molar-refractivity contribution in [2.24, 2.45) is 0 Å². The van der Waals surface area contributed by atoms with Crippen LogP contribution in [-0.2, 0) is 10.8 Å². The summed E-state index contributed by atoms with van der Waals surface area (Å²) in [5, 5.41) is 7.18. The fraction of sp³-hybridized carbons (Fsp3) is 0.0455. The molecule has 422 valence electrons. The lowest BCUT2D eigenvalue weighted by molar-refractivity contribution is 0.697. The zero-order valence-corrected chi connectivity index (χ0v) is 49.6. The van der Waals surface area contributed by atoms with Gasteiger partial charge in [0.1, 0.15) is 0 Å². The first-order valence-electron chi connectivity index (χ1n) is 31.6. The molecule has 0 bridgehead atoms. The number of hydrogen-bond acceptors (Lipinski definition) is 1. The third-order valence-corrected chi connectivity index (χ3v) is 20.0. The third kappa shape index (κ3) is 7.52.